The Hall–Kier alpha value is -1.35. The van der Waals surface area contributed by atoms with Gasteiger partial charge in [0.05, 0.1) is 6.61 Å². The molecule has 0 saturated carbocycles. The third-order valence-electron chi connectivity index (χ3n) is 10.7. The van der Waals surface area contributed by atoms with E-state index in [4.69, 9.17) is 18.9 Å². The van der Waals surface area contributed by atoms with Crippen LogP contribution in [0.1, 0.15) is 206 Å². The Bertz CT molecular complexity index is 1060. The number of aliphatic hydroxyl groups excluding tert-OH is 3. The number of carbonyl (C=O) groups is 2. The van der Waals surface area contributed by atoms with Gasteiger partial charge in [-0.3, -0.25) is 14.1 Å². The molecule has 1 fully saturated rings. The molecule has 4 N–H and O–H groups in total. The zero-order chi connectivity index (χ0) is 41.3. The van der Waals surface area contributed by atoms with Crippen molar-refractivity contribution < 1.29 is 56.8 Å². The quantitative estimate of drug-likeness (QED) is 0.0264. The van der Waals surface area contributed by atoms with E-state index in [1.165, 1.54) is 128 Å². The SMILES string of the molecule is CCCCCCCCCCCCCCCCCCC(=O)OC[C@H](CO[C@H]1O[C@H](CS(=O)(=O)O)[C@@H](O)C(O)C1O)OC(=O)CCCCCCCCCCCCCC. The number of hydrogen-bond donors (Lipinski definition) is 4. The maximum atomic E-state index is 12.8. The summed E-state index contributed by atoms with van der Waals surface area (Å²) in [5, 5.41) is 30.8. The minimum atomic E-state index is -4.59. The summed E-state index contributed by atoms with van der Waals surface area (Å²) in [5.74, 6) is -1.96. The van der Waals surface area contributed by atoms with Crippen LogP contribution in [0.4, 0.5) is 0 Å². The number of aliphatic hydroxyl groups is 3. The molecule has 1 aliphatic rings. The van der Waals surface area contributed by atoms with Crippen molar-refractivity contribution in [1.82, 2.24) is 0 Å². The van der Waals surface area contributed by atoms with Crippen LogP contribution in [-0.2, 0) is 38.7 Å². The molecule has 1 rings (SSSR count). The molecule has 0 aromatic carbocycles. The van der Waals surface area contributed by atoms with Crippen LogP contribution < -0.4 is 0 Å². The third kappa shape index (κ3) is 29.0. The number of esters is 2. The molecule has 0 spiro atoms. The fourth-order valence-electron chi connectivity index (χ4n) is 7.15. The fraction of sp³-hybridized carbons (Fsp3) is 0.953. The predicted molar refractivity (Wildman–Crippen MR) is 220 cm³/mol. The van der Waals surface area contributed by atoms with Gasteiger partial charge >= 0.3 is 11.9 Å². The minimum Gasteiger partial charge on any atom is -0.462 e. The van der Waals surface area contributed by atoms with Gasteiger partial charge in [-0.25, -0.2) is 0 Å². The van der Waals surface area contributed by atoms with E-state index in [0.29, 0.717) is 12.8 Å². The summed E-state index contributed by atoms with van der Waals surface area (Å²) in [6, 6.07) is 0. The second-order valence-corrected chi connectivity index (χ2v) is 17.6. The van der Waals surface area contributed by atoms with Gasteiger partial charge in [0.2, 0.25) is 0 Å². The van der Waals surface area contributed by atoms with Gasteiger partial charge in [-0.05, 0) is 12.8 Å². The highest BCUT2D eigenvalue weighted by Gasteiger charge is 2.46. The molecule has 56 heavy (non-hydrogen) atoms. The van der Waals surface area contributed by atoms with Crippen LogP contribution in [-0.4, -0.2) is 96.0 Å². The minimum absolute atomic E-state index is 0.172. The molecular formula is C43H82O12S. The van der Waals surface area contributed by atoms with Crippen LogP contribution >= 0.6 is 0 Å². The molecule has 2 unspecified atom stereocenters. The number of ether oxygens (including phenoxy) is 4. The van der Waals surface area contributed by atoms with Crippen molar-refractivity contribution in [2.24, 2.45) is 0 Å². The van der Waals surface area contributed by atoms with Crippen LogP contribution in [0.25, 0.3) is 0 Å². The second-order valence-electron chi connectivity index (χ2n) is 16.1. The number of unbranched alkanes of at least 4 members (excludes halogenated alkanes) is 26. The zero-order valence-electron chi connectivity index (χ0n) is 35.3. The highest BCUT2D eigenvalue weighted by molar-refractivity contribution is 7.85. The van der Waals surface area contributed by atoms with E-state index in [-0.39, 0.29) is 19.4 Å². The van der Waals surface area contributed by atoms with Crippen LogP contribution in [0.15, 0.2) is 0 Å². The normalized spacial score (nSPS) is 20.6. The first-order valence-electron chi connectivity index (χ1n) is 22.6. The van der Waals surface area contributed by atoms with Gasteiger partial charge < -0.3 is 34.3 Å². The molecule has 13 heteroatoms. The van der Waals surface area contributed by atoms with Gasteiger partial charge in [-0.15, -0.1) is 0 Å². The Morgan fingerprint density at radius 1 is 0.536 bits per heavy atom. The zero-order valence-corrected chi connectivity index (χ0v) is 36.1. The maximum Gasteiger partial charge on any atom is 0.306 e. The van der Waals surface area contributed by atoms with Crippen molar-refractivity contribution in [1.29, 1.82) is 0 Å². The summed E-state index contributed by atoms with van der Waals surface area (Å²) >= 11 is 0. The molecule has 1 saturated heterocycles. The van der Waals surface area contributed by atoms with Crippen molar-refractivity contribution in [3.63, 3.8) is 0 Å². The highest BCUT2D eigenvalue weighted by Crippen LogP contribution is 2.24. The van der Waals surface area contributed by atoms with Gasteiger partial charge in [0.1, 0.15) is 36.8 Å². The van der Waals surface area contributed by atoms with Gasteiger partial charge in [-0.1, -0.05) is 181 Å². The molecule has 0 aromatic heterocycles. The summed E-state index contributed by atoms with van der Waals surface area (Å²) in [6.45, 7) is 3.77. The Morgan fingerprint density at radius 3 is 1.30 bits per heavy atom. The van der Waals surface area contributed by atoms with E-state index in [9.17, 15) is 37.9 Å². The first-order chi connectivity index (χ1) is 27.0. The molecule has 0 bridgehead atoms. The first-order valence-corrected chi connectivity index (χ1v) is 24.2. The first kappa shape index (κ1) is 52.7. The van der Waals surface area contributed by atoms with E-state index in [1.54, 1.807) is 0 Å². The Kier molecular flexibility index (Phi) is 32.5. The van der Waals surface area contributed by atoms with Crippen molar-refractivity contribution in [3.8, 4) is 0 Å². The molecule has 0 amide bonds. The molecule has 0 aromatic rings. The fourth-order valence-corrected chi connectivity index (χ4v) is 7.84. The lowest BCUT2D eigenvalue weighted by Crippen LogP contribution is -2.60. The molecule has 1 heterocycles. The van der Waals surface area contributed by atoms with E-state index in [1.807, 2.05) is 0 Å². The van der Waals surface area contributed by atoms with Crippen molar-refractivity contribution in [2.75, 3.05) is 19.0 Å². The topological polar surface area (TPSA) is 186 Å². The Balaban J connectivity index is 2.42. The van der Waals surface area contributed by atoms with Crippen molar-refractivity contribution >= 4 is 22.1 Å². The third-order valence-corrected chi connectivity index (χ3v) is 11.4. The standard InChI is InChI=1S/C43H82O12S/c1-3-5-7-9-11-13-15-17-18-19-20-22-23-25-27-29-31-38(44)52-33-36(34-53-43-42(48)41(47)40(46)37(55-43)35-56(49,50)51)54-39(45)32-30-28-26-24-21-16-14-12-10-8-6-4-2/h36-37,40-43,46-48H,3-35H2,1-2H3,(H,49,50,51)/t36-,37-,40-,41?,42?,43+/m1/s1. The highest BCUT2D eigenvalue weighted by atomic mass is 32.2. The maximum absolute atomic E-state index is 12.8. The molecular weight excluding hydrogens is 741 g/mol. The number of carbonyl (C=O) groups excluding carboxylic acids is 2. The van der Waals surface area contributed by atoms with E-state index < -0.39 is 71.2 Å². The van der Waals surface area contributed by atoms with Crippen LogP contribution in [0.2, 0.25) is 0 Å². The van der Waals surface area contributed by atoms with Gasteiger partial charge in [0.25, 0.3) is 10.1 Å². The summed E-state index contributed by atoms with van der Waals surface area (Å²) < 4.78 is 54.0. The summed E-state index contributed by atoms with van der Waals surface area (Å²) in [7, 11) is -4.59. The summed E-state index contributed by atoms with van der Waals surface area (Å²) in [4.78, 5) is 25.4. The lowest BCUT2D eigenvalue weighted by molar-refractivity contribution is -0.297. The second kappa shape index (κ2) is 34.5. The van der Waals surface area contributed by atoms with Gasteiger partial charge in [-0.2, -0.15) is 8.42 Å². The molecule has 1 aliphatic heterocycles. The lowest BCUT2D eigenvalue weighted by Gasteiger charge is -2.40. The van der Waals surface area contributed by atoms with E-state index in [2.05, 4.69) is 13.8 Å². The average molecular weight is 823 g/mol. The number of rotatable bonds is 38. The van der Waals surface area contributed by atoms with E-state index in [0.717, 1.165) is 38.5 Å². The average Bonchev–Trinajstić information content (AvgIpc) is 3.16. The molecule has 0 aliphatic carbocycles. The molecule has 0 radical (unpaired) electrons. The van der Waals surface area contributed by atoms with Gasteiger partial charge in [0.15, 0.2) is 12.4 Å². The Morgan fingerprint density at radius 2 is 0.911 bits per heavy atom. The molecule has 332 valence electrons. The lowest BCUT2D eigenvalue weighted by atomic mass is 10.00. The van der Waals surface area contributed by atoms with Crippen molar-refractivity contribution in [3.05, 3.63) is 0 Å². The summed E-state index contributed by atoms with van der Waals surface area (Å²) in [5.41, 5.74) is 0. The smallest absolute Gasteiger partial charge is 0.306 e. The summed E-state index contributed by atoms with van der Waals surface area (Å²) in [6.07, 6.45) is 24.3. The van der Waals surface area contributed by atoms with Crippen molar-refractivity contribution in [2.45, 2.75) is 243 Å². The van der Waals surface area contributed by atoms with Crippen LogP contribution in [0.5, 0.6) is 0 Å². The largest absolute Gasteiger partial charge is 0.462 e. The molecule has 6 atom stereocenters. The van der Waals surface area contributed by atoms with Gasteiger partial charge in [0, 0.05) is 12.8 Å². The predicted octanol–water partition coefficient (Wildman–Crippen LogP) is 8.90. The number of hydrogen-bond acceptors (Lipinski definition) is 11. The van der Waals surface area contributed by atoms with Crippen LogP contribution in [0.3, 0.4) is 0 Å². The Labute approximate surface area is 340 Å². The monoisotopic (exact) mass is 823 g/mol. The van der Waals surface area contributed by atoms with E-state index >= 15 is 0 Å². The van der Waals surface area contributed by atoms with Crippen LogP contribution in [0, 0.1) is 0 Å². The molecule has 12 nitrogen and oxygen atoms in total.